The van der Waals surface area contributed by atoms with Crippen LogP contribution in [0.1, 0.15) is 25.3 Å². The second kappa shape index (κ2) is 13.7. The van der Waals surface area contributed by atoms with E-state index in [2.05, 4.69) is 21.2 Å². The van der Waals surface area contributed by atoms with Crippen molar-refractivity contribution in [3.8, 4) is 11.5 Å². The largest absolute Gasteiger partial charge is 0.490 e. The van der Waals surface area contributed by atoms with E-state index in [0.29, 0.717) is 46.0 Å². The Labute approximate surface area is 218 Å². The molecule has 0 aromatic heterocycles. The van der Waals surface area contributed by atoms with Gasteiger partial charge in [-0.25, -0.2) is 5.43 Å². The van der Waals surface area contributed by atoms with E-state index in [1.807, 2.05) is 0 Å². The second-order valence-electron chi connectivity index (χ2n) is 7.68. The molecule has 0 bridgehead atoms. The summed E-state index contributed by atoms with van der Waals surface area (Å²) in [6.45, 7) is 2.81. The topological polar surface area (TPSA) is 127 Å². The molecule has 3 rings (SSSR count). The third kappa shape index (κ3) is 8.71. The Hall–Kier alpha value is -3.34. The fourth-order valence-corrected chi connectivity index (χ4v) is 3.79. The van der Waals surface area contributed by atoms with Crippen LogP contribution in [0, 0.1) is 0 Å². The summed E-state index contributed by atoms with van der Waals surface area (Å²) in [6.07, 6.45) is 3.08. The maximum absolute atomic E-state index is 12.3. The molecule has 1 saturated heterocycles. The van der Waals surface area contributed by atoms with E-state index in [0.717, 1.165) is 12.8 Å². The van der Waals surface area contributed by atoms with Gasteiger partial charge in [-0.3, -0.25) is 14.4 Å². The molecule has 12 heteroatoms. The monoisotopic (exact) mass is 536 g/mol. The highest BCUT2D eigenvalue weighted by atomic mass is 35.5. The van der Waals surface area contributed by atoms with Gasteiger partial charge < -0.3 is 24.8 Å². The number of hydrogen-bond acceptors (Lipinski definition) is 7. The molecule has 1 atom stereocenters. The SMILES string of the molecule is CCOc1cc(/C=N\NC(=O)C(=O)NC[C@H]2CCCO2)ccc1OCC(=O)Nc1cc(Cl)cc(Cl)c1. The standard InChI is InChI=1S/C24H26Cl2N4O6/c1-2-34-21-8-15(12-28-30-24(33)23(32)27-13-19-4-3-7-35-19)5-6-20(21)36-14-22(31)29-18-10-16(25)9-17(26)11-18/h5-6,8-12,19H,2-4,7,13-14H2,1H3,(H,27,32)(H,29,31)(H,30,33)/b28-12-/t19-/m1/s1. The summed E-state index contributed by atoms with van der Waals surface area (Å²) in [6, 6.07) is 9.57. The molecule has 1 heterocycles. The molecule has 3 N–H and O–H groups in total. The molecule has 2 aromatic rings. The van der Waals surface area contributed by atoms with Crippen molar-refractivity contribution in [2.45, 2.75) is 25.9 Å². The molecule has 3 amide bonds. The van der Waals surface area contributed by atoms with Crippen LogP contribution in [0.5, 0.6) is 11.5 Å². The first-order chi connectivity index (χ1) is 17.3. The minimum Gasteiger partial charge on any atom is -0.490 e. The van der Waals surface area contributed by atoms with Crippen LogP contribution in [-0.4, -0.2) is 56.4 Å². The lowest BCUT2D eigenvalue weighted by atomic mass is 10.2. The van der Waals surface area contributed by atoms with Gasteiger partial charge in [0.25, 0.3) is 5.91 Å². The zero-order valence-electron chi connectivity index (χ0n) is 19.5. The molecule has 0 saturated carbocycles. The van der Waals surface area contributed by atoms with Crippen molar-refractivity contribution in [1.29, 1.82) is 0 Å². The third-order valence-corrected chi connectivity index (χ3v) is 5.31. The van der Waals surface area contributed by atoms with Crippen LogP contribution < -0.4 is 25.5 Å². The van der Waals surface area contributed by atoms with Crippen molar-refractivity contribution in [2.75, 3.05) is 31.7 Å². The van der Waals surface area contributed by atoms with Gasteiger partial charge in [0.1, 0.15) is 0 Å². The number of hydrogen-bond donors (Lipinski definition) is 3. The molecule has 1 fully saturated rings. The maximum Gasteiger partial charge on any atom is 0.329 e. The number of nitrogens with zero attached hydrogens (tertiary/aromatic N) is 1. The number of rotatable bonds is 10. The Balaban J connectivity index is 1.51. The van der Waals surface area contributed by atoms with Crippen molar-refractivity contribution < 1.29 is 28.6 Å². The second-order valence-corrected chi connectivity index (χ2v) is 8.55. The van der Waals surface area contributed by atoms with Crippen LogP contribution in [-0.2, 0) is 19.1 Å². The van der Waals surface area contributed by atoms with Crippen molar-refractivity contribution in [3.63, 3.8) is 0 Å². The minimum atomic E-state index is -0.888. The fraction of sp³-hybridized carbons (Fsp3) is 0.333. The number of nitrogens with one attached hydrogen (secondary N) is 3. The van der Waals surface area contributed by atoms with Gasteiger partial charge in [0, 0.05) is 28.9 Å². The quantitative estimate of drug-likeness (QED) is 0.243. The third-order valence-electron chi connectivity index (χ3n) is 4.87. The van der Waals surface area contributed by atoms with E-state index in [1.165, 1.54) is 6.21 Å². The molecule has 0 radical (unpaired) electrons. The van der Waals surface area contributed by atoms with E-state index in [-0.39, 0.29) is 19.3 Å². The summed E-state index contributed by atoms with van der Waals surface area (Å²) in [5.74, 6) is -1.38. The van der Waals surface area contributed by atoms with Crippen molar-refractivity contribution in [1.82, 2.24) is 10.7 Å². The first-order valence-electron chi connectivity index (χ1n) is 11.2. The Morgan fingerprint density at radius 2 is 1.86 bits per heavy atom. The van der Waals surface area contributed by atoms with Crippen molar-refractivity contribution in [3.05, 3.63) is 52.0 Å². The molecule has 2 aromatic carbocycles. The van der Waals surface area contributed by atoms with Gasteiger partial charge in [-0.15, -0.1) is 0 Å². The van der Waals surface area contributed by atoms with Gasteiger partial charge in [-0.2, -0.15) is 5.10 Å². The lowest BCUT2D eigenvalue weighted by Crippen LogP contribution is -2.41. The van der Waals surface area contributed by atoms with Crippen LogP contribution >= 0.6 is 23.2 Å². The van der Waals surface area contributed by atoms with Gasteiger partial charge in [0.2, 0.25) is 0 Å². The Morgan fingerprint density at radius 1 is 1.08 bits per heavy atom. The van der Waals surface area contributed by atoms with E-state index in [4.69, 9.17) is 37.4 Å². The molecule has 1 aliphatic heterocycles. The molecule has 0 unspecified atom stereocenters. The maximum atomic E-state index is 12.3. The molecule has 10 nitrogen and oxygen atoms in total. The first-order valence-corrected chi connectivity index (χ1v) is 12.0. The number of anilines is 1. The number of hydrazone groups is 1. The van der Waals surface area contributed by atoms with Crippen molar-refractivity contribution >= 4 is 52.8 Å². The molecular formula is C24H26Cl2N4O6. The predicted octanol–water partition coefficient (Wildman–Crippen LogP) is 3.15. The van der Waals surface area contributed by atoms with Gasteiger partial charge in [0.15, 0.2) is 18.1 Å². The molecule has 0 spiro atoms. The predicted molar refractivity (Wildman–Crippen MR) is 136 cm³/mol. The lowest BCUT2D eigenvalue weighted by molar-refractivity contribution is -0.139. The highest BCUT2D eigenvalue weighted by Crippen LogP contribution is 2.28. The number of halogens is 2. The van der Waals surface area contributed by atoms with E-state index >= 15 is 0 Å². The molecule has 192 valence electrons. The zero-order valence-corrected chi connectivity index (χ0v) is 21.0. The van der Waals surface area contributed by atoms with Crippen LogP contribution in [0.3, 0.4) is 0 Å². The van der Waals surface area contributed by atoms with Gasteiger partial charge in [-0.1, -0.05) is 23.2 Å². The zero-order chi connectivity index (χ0) is 25.9. The van der Waals surface area contributed by atoms with E-state index < -0.39 is 17.7 Å². The Bertz CT molecular complexity index is 1100. The molecule has 1 aliphatic rings. The minimum absolute atomic E-state index is 0.0654. The van der Waals surface area contributed by atoms with Crippen LogP contribution in [0.4, 0.5) is 5.69 Å². The van der Waals surface area contributed by atoms with Crippen LogP contribution in [0.2, 0.25) is 10.0 Å². The number of carbonyl (C=O) groups is 3. The van der Waals surface area contributed by atoms with E-state index in [9.17, 15) is 14.4 Å². The first kappa shape index (κ1) is 27.3. The Kier molecular flexibility index (Phi) is 10.3. The van der Waals surface area contributed by atoms with Crippen LogP contribution in [0.15, 0.2) is 41.5 Å². The molecule has 0 aliphatic carbocycles. The molecular weight excluding hydrogens is 511 g/mol. The smallest absolute Gasteiger partial charge is 0.329 e. The number of carbonyl (C=O) groups excluding carboxylic acids is 3. The lowest BCUT2D eigenvalue weighted by Gasteiger charge is -2.13. The highest BCUT2D eigenvalue weighted by molar-refractivity contribution is 6.35. The van der Waals surface area contributed by atoms with Gasteiger partial charge >= 0.3 is 11.8 Å². The summed E-state index contributed by atoms with van der Waals surface area (Å²) in [4.78, 5) is 36.0. The van der Waals surface area contributed by atoms with Gasteiger partial charge in [0.05, 0.1) is 18.9 Å². The normalized spacial score (nSPS) is 14.9. The number of benzene rings is 2. The molecule has 36 heavy (non-hydrogen) atoms. The van der Waals surface area contributed by atoms with Crippen molar-refractivity contribution in [2.24, 2.45) is 5.10 Å². The highest BCUT2D eigenvalue weighted by Gasteiger charge is 2.19. The summed E-state index contributed by atoms with van der Waals surface area (Å²) in [7, 11) is 0. The average molecular weight is 537 g/mol. The summed E-state index contributed by atoms with van der Waals surface area (Å²) in [5.41, 5.74) is 3.20. The number of amides is 3. The average Bonchev–Trinajstić information content (AvgIpc) is 3.35. The fourth-order valence-electron chi connectivity index (χ4n) is 3.27. The van der Waals surface area contributed by atoms with Crippen LogP contribution in [0.25, 0.3) is 0 Å². The van der Waals surface area contributed by atoms with Gasteiger partial charge in [-0.05, 0) is 61.7 Å². The summed E-state index contributed by atoms with van der Waals surface area (Å²) < 4.78 is 16.6. The summed E-state index contributed by atoms with van der Waals surface area (Å²) >= 11 is 11.9. The summed E-state index contributed by atoms with van der Waals surface area (Å²) in [5, 5.41) is 9.77. The number of ether oxygens (including phenoxy) is 3. The van der Waals surface area contributed by atoms with E-state index in [1.54, 1.807) is 43.3 Å². The Morgan fingerprint density at radius 3 is 2.56 bits per heavy atom.